The zero-order valence-electron chi connectivity index (χ0n) is 9.40. The summed E-state index contributed by atoms with van der Waals surface area (Å²) in [7, 11) is 0. The van der Waals surface area contributed by atoms with Gasteiger partial charge in [0.15, 0.2) is 0 Å². The van der Waals surface area contributed by atoms with Crippen molar-refractivity contribution in [2.45, 2.75) is 22.6 Å². The highest BCUT2D eigenvalue weighted by Gasteiger charge is 2.56. The molecule has 1 aromatic heterocycles. The molecule has 1 aliphatic heterocycles. The third-order valence-electron chi connectivity index (χ3n) is 2.78. The normalized spacial score (nSPS) is 34.7. The summed E-state index contributed by atoms with van der Waals surface area (Å²) in [4.78, 5) is 15.2. The number of nitrogens with two attached hydrogens (primary N) is 1. The number of rotatable bonds is 2. The van der Waals surface area contributed by atoms with Gasteiger partial charge >= 0.3 is 5.69 Å². The smallest absolute Gasteiger partial charge is 0.350 e. The molecule has 7 nitrogen and oxygen atoms in total. The molecule has 1 saturated heterocycles. The predicted molar refractivity (Wildman–Crippen MR) is 75.2 cm³/mol. The van der Waals surface area contributed by atoms with Crippen molar-refractivity contribution in [3.8, 4) is 0 Å². The van der Waals surface area contributed by atoms with Gasteiger partial charge in [-0.1, -0.05) is 0 Å². The first kappa shape index (κ1) is 15.0. The number of alkyl halides is 1. The molecule has 2 rings (SSSR count). The first-order chi connectivity index (χ1) is 8.78. The number of nitrogens with zero attached hydrogens (tertiary/aromatic N) is 2. The van der Waals surface area contributed by atoms with E-state index >= 15 is 0 Å². The van der Waals surface area contributed by atoms with Crippen molar-refractivity contribution in [2.75, 3.05) is 12.3 Å². The van der Waals surface area contributed by atoms with E-state index in [-0.39, 0.29) is 5.82 Å². The Morgan fingerprint density at radius 1 is 1.68 bits per heavy atom. The highest BCUT2D eigenvalue weighted by molar-refractivity contribution is 14.1. The maximum Gasteiger partial charge on any atom is 0.350 e. The van der Waals surface area contributed by atoms with Gasteiger partial charge in [-0.3, -0.25) is 4.57 Å². The van der Waals surface area contributed by atoms with Crippen LogP contribution in [0.4, 0.5) is 10.2 Å². The van der Waals surface area contributed by atoms with Gasteiger partial charge in [0.25, 0.3) is 5.85 Å². The van der Waals surface area contributed by atoms with Crippen LogP contribution in [-0.2, 0) is 0 Å². The maximum absolute atomic E-state index is 14.2. The topological polar surface area (TPSA) is 122 Å². The Morgan fingerprint density at radius 2 is 2.32 bits per heavy atom. The van der Waals surface area contributed by atoms with Crippen LogP contribution >= 0.6 is 34.4 Å². The van der Waals surface area contributed by atoms with E-state index < -0.39 is 34.9 Å². The minimum atomic E-state index is -3.04. The van der Waals surface area contributed by atoms with Crippen LogP contribution in [0.2, 0.25) is 0 Å². The molecule has 0 radical (unpaired) electrons. The van der Waals surface area contributed by atoms with Gasteiger partial charge in [-0.05, 0) is 22.6 Å². The van der Waals surface area contributed by atoms with Crippen molar-refractivity contribution in [1.82, 2.24) is 9.55 Å². The van der Waals surface area contributed by atoms with E-state index in [2.05, 4.69) is 4.98 Å². The van der Waals surface area contributed by atoms with Crippen LogP contribution in [0.15, 0.2) is 11.0 Å². The lowest BCUT2D eigenvalue weighted by Crippen LogP contribution is -2.45. The zero-order chi connectivity index (χ0) is 14.4. The molecule has 0 spiro atoms. The standard InChI is InChI=1S/C9H11FIN3O4S/c10-9(18)5(16)4(2-15)19-7(9)14-1-3(11)6(12)13-8(14)17/h1,4-5,7,15-16,18H,2H2,(H2,12,13,17)/t4-,5+,7-,9-/m0/s1. The lowest BCUT2D eigenvalue weighted by molar-refractivity contribution is -0.173. The second kappa shape index (κ2) is 5.16. The number of nitrogen functional groups attached to an aromatic ring is 1. The van der Waals surface area contributed by atoms with Gasteiger partial charge in [0, 0.05) is 6.20 Å². The predicted octanol–water partition coefficient (Wildman–Crippen LogP) is -0.945. The molecule has 1 aromatic rings. The first-order valence-electron chi connectivity index (χ1n) is 5.19. The van der Waals surface area contributed by atoms with Crippen LogP contribution in [0.3, 0.4) is 0 Å². The lowest BCUT2D eigenvalue weighted by Gasteiger charge is -2.24. The fourth-order valence-electron chi connectivity index (χ4n) is 1.77. The van der Waals surface area contributed by atoms with Gasteiger partial charge in [-0.2, -0.15) is 4.98 Å². The average Bonchev–Trinajstić information content (AvgIpc) is 2.56. The van der Waals surface area contributed by atoms with Gasteiger partial charge in [0.2, 0.25) is 0 Å². The molecule has 0 aliphatic carbocycles. The van der Waals surface area contributed by atoms with E-state index in [9.17, 15) is 19.4 Å². The highest BCUT2D eigenvalue weighted by Crippen LogP contribution is 2.48. The molecule has 2 heterocycles. The molecule has 0 amide bonds. The molecule has 0 unspecified atom stereocenters. The summed E-state index contributed by atoms with van der Waals surface area (Å²) in [6.07, 6.45) is -0.547. The van der Waals surface area contributed by atoms with Crippen molar-refractivity contribution >= 4 is 40.2 Å². The Hall–Kier alpha value is -0.430. The molecule has 1 aliphatic rings. The third-order valence-corrected chi connectivity index (χ3v) is 5.19. The van der Waals surface area contributed by atoms with Gasteiger partial charge in [-0.15, -0.1) is 11.8 Å². The van der Waals surface area contributed by atoms with Crippen molar-refractivity contribution in [1.29, 1.82) is 0 Å². The van der Waals surface area contributed by atoms with E-state index in [1.54, 1.807) is 0 Å². The SMILES string of the molecule is Nc1nc(=O)n([C@H]2S[C@@H](CO)[C@@H](O)[C@@]2(O)F)cc1I. The number of thioether (sulfide) groups is 1. The van der Waals surface area contributed by atoms with Gasteiger partial charge in [-0.25, -0.2) is 9.18 Å². The van der Waals surface area contributed by atoms with Crippen LogP contribution in [0, 0.1) is 3.57 Å². The number of aliphatic hydroxyl groups excluding tert-OH is 2. The van der Waals surface area contributed by atoms with Crippen molar-refractivity contribution in [3.05, 3.63) is 20.3 Å². The average molecular weight is 403 g/mol. The van der Waals surface area contributed by atoms with Gasteiger partial charge in [0.1, 0.15) is 17.3 Å². The second-order valence-electron chi connectivity index (χ2n) is 4.05. The van der Waals surface area contributed by atoms with E-state index in [4.69, 9.17) is 10.8 Å². The number of anilines is 1. The number of aromatic nitrogens is 2. The van der Waals surface area contributed by atoms with Crippen LogP contribution in [-0.4, -0.2) is 48.7 Å². The van der Waals surface area contributed by atoms with Crippen LogP contribution in [0.1, 0.15) is 5.37 Å². The fourth-order valence-corrected chi connectivity index (χ4v) is 3.56. The van der Waals surface area contributed by atoms with Crippen LogP contribution < -0.4 is 11.4 Å². The van der Waals surface area contributed by atoms with Crippen molar-refractivity contribution in [2.24, 2.45) is 0 Å². The highest BCUT2D eigenvalue weighted by atomic mass is 127. The number of aliphatic hydroxyl groups is 3. The quantitative estimate of drug-likeness (QED) is 0.470. The summed E-state index contributed by atoms with van der Waals surface area (Å²) < 4.78 is 15.4. The van der Waals surface area contributed by atoms with Gasteiger partial charge in [0.05, 0.1) is 15.4 Å². The summed E-state index contributed by atoms with van der Waals surface area (Å²) in [6, 6.07) is 0. The molecular formula is C9H11FIN3O4S. The summed E-state index contributed by atoms with van der Waals surface area (Å²) >= 11 is 2.57. The second-order valence-corrected chi connectivity index (χ2v) is 6.53. The molecular weight excluding hydrogens is 392 g/mol. The molecule has 19 heavy (non-hydrogen) atoms. The molecule has 4 atom stereocenters. The van der Waals surface area contributed by atoms with E-state index in [1.807, 2.05) is 22.6 Å². The monoisotopic (exact) mass is 403 g/mol. The Kier molecular flexibility index (Phi) is 4.07. The Balaban J connectivity index is 2.48. The first-order valence-corrected chi connectivity index (χ1v) is 7.21. The Labute approximate surface area is 124 Å². The molecule has 1 fully saturated rings. The van der Waals surface area contributed by atoms with Gasteiger partial charge < -0.3 is 21.1 Å². The van der Waals surface area contributed by atoms with E-state index in [0.29, 0.717) is 3.57 Å². The minimum Gasteiger partial charge on any atom is -0.395 e. The van der Waals surface area contributed by atoms with E-state index in [0.717, 1.165) is 16.3 Å². The molecule has 0 aromatic carbocycles. The molecule has 0 bridgehead atoms. The third kappa shape index (κ3) is 2.46. The number of hydrogen-bond donors (Lipinski definition) is 4. The van der Waals surface area contributed by atoms with Crippen LogP contribution in [0.25, 0.3) is 0 Å². The van der Waals surface area contributed by atoms with Crippen LogP contribution in [0.5, 0.6) is 0 Å². The fraction of sp³-hybridized carbons (Fsp3) is 0.556. The summed E-state index contributed by atoms with van der Waals surface area (Å²) in [5, 5.41) is 26.0. The molecule has 10 heteroatoms. The number of halogens is 2. The minimum absolute atomic E-state index is 0.00602. The summed E-state index contributed by atoms with van der Waals surface area (Å²) in [5.41, 5.74) is 4.62. The zero-order valence-corrected chi connectivity index (χ0v) is 12.4. The summed E-state index contributed by atoms with van der Waals surface area (Å²) in [6.45, 7) is -0.525. The Bertz CT molecular complexity index is 555. The van der Waals surface area contributed by atoms with Crippen molar-refractivity contribution < 1.29 is 19.7 Å². The molecule has 0 saturated carbocycles. The number of hydrogen-bond acceptors (Lipinski definition) is 7. The largest absolute Gasteiger partial charge is 0.395 e. The summed E-state index contributed by atoms with van der Waals surface area (Å²) in [5.74, 6) is -3.03. The van der Waals surface area contributed by atoms with E-state index in [1.165, 1.54) is 6.20 Å². The maximum atomic E-state index is 14.2. The lowest BCUT2D eigenvalue weighted by atomic mass is 10.1. The Morgan fingerprint density at radius 3 is 2.84 bits per heavy atom. The van der Waals surface area contributed by atoms with Crippen molar-refractivity contribution in [3.63, 3.8) is 0 Å². The molecule has 5 N–H and O–H groups in total. The molecule has 106 valence electrons.